The summed E-state index contributed by atoms with van der Waals surface area (Å²) in [5, 5.41) is 5.68. The molecule has 15 heteroatoms. The first-order valence-electron chi connectivity index (χ1n) is 21.5. The number of nitrogens with one attached hydrogen (secondary N) is 1. The predicted molar refractivity (Wildman–Crippen MR) is 258 cm³/mol. The van der Waals surface area contributed by atoms with Gasteiger partial charge in [0.25, 0.3) is 0 Å². The van der Waals surface area contributed by atoms with E-state index in [9.17, 15) is 14.4 Å². The lowest BCUT2D eigenvalue weighted by Crippen LogP contribution is -2.52. The quantitative estimate of drug-likeness (QED) is 0.105. The molecule has 0 bridgehead atoms. The van der Waals surface area contributed by atoms with Gasteiger partial charge in [-0.15, -0.1) is 0 Å². The topological polar surface area (TPSA) is 100 Å². The lowest BCUT2D eigenvalue weighted by Gasteiger charge is -2.43. The number of hydrogen-bond donors (Lipinski definition) is 1. The number of hydrogen-bond acceptors (Lipinski definition) is 7. The molecule has 10 nitrogen and oxygen atoms in total. The number of rotatable bonds is 16. The summed E-state index contributed by atoms with van der Waals surface area (Å²) in [6, 6.07) is 29.2. The van der Waals surface area contributed by atoms with E-state index in [0.29, 0.717) is 50.5 Å². The summed E-state index contributed by atoms with van der Waals surface area (Å²) >= 11 is 30.7. The number of nitrogens with zero attached hydrogens (tertiary/aromatic N) is 5. The van der Waals surface area contributed by atoms with Gasteiger partial charge in [-0.25, -0.2) is 9.78 Å². The van der Waals surface area contributed by atoms with Gasteiger partial charge >= 0.3 is 6.03 Å². The van der Waals surface area contributed by atoms with Crippen LogP contribution >= 0.6 is 58.0 Å². The largest absolute Gasteiger partial charge is 0.489 e. The van der Waals surface area contributed by atoms with Crippen LogP contribution in [0.1, 0.15) is 69.2 Å². The summed E-state index contributed by atoms with van der Waals surface area (Å²) in [4.78, 5) is 48.4. The summed E-state index contributed by atoms with van der Waals surface area (Å²) in [5.41, 5.74) is 2.41. The van der Waals surface area contributed by atoms with Gasteiger partial charge in [-0.3, -0.25) is 14.2 Å². The molecule has 4 aromatic carbocycles. The molecule has 1 N–H and O–H groups in total. The maximum atomic E-state index is 14.3. The molecule has 2 heterocycles. The third kappa shape index (κ3) is 11.8. The third-order valence-corrected chi connectivity index (χ3v) is 13.9. The van der Waals surface area contributed by atoms with Crippen molar-refractivity contribution < 1.29 is 19.1 Å². The van der Waals surface area contributed by atoms with Crippen molar-refractivity contribution in [2.45, 2.75) is 63.5 Å². The Bertz CT molecular complexity index is 2320. The van der Waals surface area contributed by atoms with Crippen LogP contribution in [-0.2, 0) is 20.5 Å². The van der Waals surface area contributed by atoms with Gasteiger partial charge in [-0.2, -0.15) is 0 Å². The van der Waals surface area contributed by atoms with Crippen LogP contribution in [0.5, 0.6) is 5.75 Å². The van der Waals surface area contributed by atoms with Gasteiger partial charge in [-0.05, 0) is 86.4 Å². The maximum Gasteiger partial charge on any atom is 0.329 e. The Labute approximate surface area is 401 Å². The van der Waals surface area contributed by atoms with Crippen molar-refractivity contribution in [3.63, 3.8) is 0 Å². The van der Waals surface area contributed by atoms with Gasteiger partial charge in [0, 0.05) is 56.2 Å². The zero-order valence-corrected chi connectivity index (χ0v) is 40.4. The first-order valence-corrected chi connectivity index (χ1v) is 23.4. The number of imidazole rings is 1. The normalized spacial score (nSPS) is 18.3. The number of likely N-dealkylation sites (tertiary alicyclic amines) is 1. The number of Topliss-reactive ketones (excluding diaryl/α,β-unsaturated/α-hetero) is 1. The molecule has 7 rings (SSSR count). The fourth-order valence-electron chi connectivity index (χ4n) is 8.59. The molecular formula is C49H55Cl5N6O4. The Kier molecular flexibility index (Phi) is 17.2. The van der Waals surface area contributed by atoms with Crippen molar-refractivity contribution in [3.05, 3.63) is 152 Å². The minimum Gasteiger partial charge on any atom is -0.489 e. The van der Waals surface area contributed by atoms with E-state index in [2.05, 4.69) is 58.5 Å². The summed E-state index contributed by atoms with van der Waals surface area (Å²) < 4.78 is 7.05. The van der Waals surface area contributed by atoms with E-state index >= 15 is 0 Å². The molecule has 340 valence electrons. The van der Waals surface area contributed by atoms with Gasteiger partial charge in [0.1, 0.15) is 18.7 Å². The number of likely N-dealkylation sites (N-methyl/N-ethyl adjacent to an activating group) is 1. The van der Waals surface area contributed by atoms with E-state index in [1.54, 1.807) is 42.4 Å². The Morgan fingerprint density at radius 3 is 2.11 bits per heavy atom. The number of carbonyl (C=O) groups is 3. The van der Waals surface area contributed by atoms with Crippen LogP contribution in [0.3, 0.4) is 0 Å². The van der Waals surface area contributed by atoms with E-state index in [0.717, 1.165) is 56.4 Å². The Morgan fingerprint density at radius 1 is 0.859 bits per heavy atom. The molecule has 2 amide bonds. The van der Waals surface area contributed by atoms with E-state index in [4.69, 9.17) is 62.7 Å². The SMILES string of the molecule is CC(=O)CNC1(c2ccccc2)CCN(C[C@@H]2C[C@@]2(C(=O)N(C)[C@H](C)c2ccccc2)c2ccc(Cl)c(Cl)c2)CC1.CCCN(CCOc1c(Cl)cc(Cl)cc1Cl)C(=O)n1ccnc1. The van der Waals surface area contributed by atoms with Gasteiger partial charge in [-0.1, -0.05) is 132 Å². The van der Waals surface area contributed by atoms with Gasteiger partial charge in [0.15, 0.2) is 5.75 Å². The summed E-state index contributed by atoms with van der Waals surface area (Å²) in [5.74, 6) is 0.798. The van der Waals surface area contributed by atoms with Crippen molar-refractivity contribution in [2.24, 2.45) is 5.92 Å². The van der Waals surface area contributed by atoms with Crippen LogP contribution < -0.4 is 10.1 Å². The average molecular weight is 969 g/mol. The van der Waals surface area contributed by atoms with Crippen LogP contribution in [0.25, 0.3) is 0 Å². The number of piperidine rings is 1. The molecule has 0 unspecified atom stereocenters. The van der Waals surface area contributed by atoms with Crippen molar-refractivity contribution >= 4 is 75.7 Å². The van der Waals surface area contributed by atoms with Crippen LogP contribution in [-0.4, -0.2) is 94.9 Å². The molecule has 5 aromatic rings. The summed E-state index contributed by atoms with van der Waals surface area (Å²) in [7, 11) is 1.91. The first kappa shape index (κ1) is 49.3. The molecule has 64 heavy (non-hydrogen) atoms. The molecule has 3 atom stereocenters. The van der Waals surface area contributed by atoms with Crippen molar-refractivity contribution in [3.8, 4) is 5.75 Å². The maximum absolute atomic E-state index is 14.3. The summed E-state index contributed by atoms with van der Waals surface area (Å²) in [6.45, 7) is 9.95. The summed E-state index contributed by atoms with van der Waals surface area (Å²) in [6.07, 6.45) is 8.05. The second-order valence-corrected chi connectivity index (χ2v) is 18.7. The monoisotopic (exact) mass is 966 g/mol. The second-order valence-electron chi connectivity index (χ2n) is 16.6. The van der Waals surface area contributed by atoms with Gasteiger partial charge in [0.2, 0.25) is 5.91 Å². The molecule has 0 spiro atoms. The van der Waals surface area contributed by atoms with Crippen LogP contribution in [0.2, 0.25) is 25.1 Å². The van der Waals surface area contributed by atoms with Gasteiger partial charge < -0.3 is 24.8 Å². The fourth-order valence-corrected chi connectivity index (χ4v) is 9.81. The van der Waals surface area contributed by atoms with E-state index < -0.39 is 5.41 Å². The van der Waals surface area contributed by atoms with E-state index in [-0.39, 0.29) is 41.8 Å². The zero-order chi connectivity index (χ0) is 46.0. The average Bonchev–Trinajstić information content (AvgIpc) is 3.73. The second kappa shape index (κ2) is 22.4. The molecule has 1 aliphatic carbocycles. The molecular weight excluding hydrogens is 914 g/mol. The fraction of sp³-hybridized carbons (Fsp3) is 0.388. The molecule has 2 aliphatic rings. The number of aromatic nitrogens is 2. The minimum atomic E-state index is -0.632. The van der Waals surface area contributed by atoms with E-state index in [1.807, 2.05) is 55.3 Å². The molecule has 1 saturated heterocycles. The zero-order valence-electron chi connectivity index (χ0n) is 36.6. The van der Waals surface area contributed by atoms with Gasteiger partial charge in [0.05, 0.1) is 44.6 Å². The van der Waals surface area contributed by atoms with Crippen molar-refractivity contribution in [1.29, 1.82) is 0 Å². The van der Waals surface area contributed by atoms with Crippen molar-refractivity contribution in [2.75, 3.05) is 52.9 Å². The number of benzene rings is 4. The lowest BCUT2D eigenvalue weighted by atomic mass is 9.80. The Balaban J connectivity index is 0.000000251. The highest BCUT2D eigenvalue weighted by Gasteiger charge is 2.62. The molecule has 1 aliphatic heterocycles. The smallest absolute Gasteiger partial charge is 0.329 e. The number of ketones is 1. The highest BCUT2D eigenvalue weighted by atomic mass is 35.5. The van der Waals surface area contributed by atoms with Crippen LogP contribution in [0.4, 0.5) is 4.79 Å². The molecule has 1 saturated carbocycles. The number of amides is 2. The highest BCUT2D eigenvalue weighted by molar-refractivity contribution is 6.42. The standard InChI is InChI=1S/C34H39Cl2N3O2.C15H16Cl3N3O2/c1-24(40)22-37-33(27-12-8-5-9-13-27)16-18-39(19-17-33)23-29-21-34(29,28-14-15-30(35)31(36)20-28)32(41)38(3)25(2)26-10-6-4-7-11-26;1-2-4-20(15(22)21-5-3-19-10-21)6-7-23-14-12(17)8-11(16)9-13(14)18/h4-15,20,25,29,37H,16-19,21-23H2,1-3H3;3,5,8-10H,2,4,6-7H2,1H3/t25-,29+,34-;/m1./s1. The Morgan fingerprint density at radius 2 is 1.52 bits per heavy atom. The number of ether oxygens (including phenoxy) is 1. The lowest BCUT2D eigenvalue weighted by molar-refractivity contribution is -0.135. The first-order chi connectivity index (χ1) is 30.7. The molecule has 2 fully saturated rings. The number of carbonyl (C=O) groups excluding carboxylic acids is 3. The van der Waals surface area contributed by atoms with E-state index in [1.165, 1.54) is 16.5 Å². The van der Waals surface area contributed by atoms with Crippen LogP contribution in [0, 0.1) is 5.92 Å². The van der Waals surface area contributed by atoms with Crippen LogP contribution in [0.15, 0.2) is 110 Å². The molecule has 1 aromatic heterocycles. The molecule has 0 radical (unpaired) electrons. The number of halogens is 5. The van der Waals surface area contributed by atoms with Crippen molar-refractivity contribution in [1.82, 2.24) is 29.6 Å². The third-order valence-electron chi connectivity index (χ3n) is 12.4. The Hall–Kier alpha value is -4.13. The predicted octanol–water partition coefficient (Wildman–Crippen LogP) is 11.2. The highest BCUT2D eigenvalue weighted by Crippen LogP contribution is 2.57. The minimum absolute atomic E-state index is 0.0570.